The fourth-order valence-electron chi connectivity index (χ4n) is 2.46. The van der Waals surface area contributed by atoms with Crippen LogP contribution >= 0.6 is 0 Å². The van der Waals surface area contributed by atoms with E-state index in [0.29, 0.717) is 24.3 Å². The summed E-state index contributed by atoms with van der Waals surface area (Å²) in [6.45, 7) is 0. The van der Waals surface area contributed by atoms with Gasteiger partial charge in [0.25, 0.3) is 0 Å². The van der Waals surface area contributed by atoms with E-state index in [1.807, 2.05) is 30.3 Å². The standard InChI is InChI=1S/C18H18N2O3/c21-17-8-4-7-16(20-17)18(22)19-13-9-11-15(12-10-13)23-14-5-2-1-3-6-14/h1-3,5-6,9-12,16H,4,7-8H2,(H,19,22)(H,20,21)/t16-/m1/s1. The Bertz CT molecular complexity index is 683. The number of hydrogen-bond donors (Lipinski definition) is 2. The molecule has 0 saturated carbocycles. The van der Waals surface area contributed by atoms with Gasteiger partial charge in [-0.05, 0) is 49.2 Å². The quantitative estimate of drug-likeness (QED) is 0.912. The molecule has 2 N–H and O–H groups in total. The van der Waals surface area contributed by atoms with E-state index in [0.717, 1.165) is 12.2 Å². The maximum Gasteiger partial charge on any atom is 0.246 e. The maximum atomic E-state index is 12.1. The lowest BCUT2D eigenvalue weighted by Gasteiger charge is -2.22. The topological polar surface area (TPSA) is 67.4 Å². The van der Waals surface area contributed by atoms with Crippen molar-refractivity contribution in [3.8, 4) is 11.5 Å². The van der Waals surface area contributed by atoms with Crippen LogP contribution in [-0.4, -0.2) is 17.9 Å². The van der Waals surface area contributed by atoms with E-state index in [2.05, 4.69) is 10.6 Å². The Morgan fingerprint density at radius 1 is 1.04 bits per heavy atom. The Morgan fingerprint density at radius 2 is 1.74 bits per heavy atom. The molecule has 23 heavy (non-hydrogen) atoms. The summed E-state index contributed by atoms with van der Waals surface area (Å²) in [5, 5.41) is 5.52. The van der Waals surface area contributed by atoms with E-state index >= 15 is 0 Å². The first-order chi connectivity index (χ1) is 11.2. The number of para-hydroxylation sites is 1. The van der Waals surface area contributed by atoms with Gasteiger partial charge in [0.1, 0.15) is 17.5 Å². The number of hydrogen-bond acceptors (Lipinski definition) is 3. The number of anilines is 1. The van der Waals surface area contributed by atoms with Crippen LogP contribution in [0.4, 0.5) is 5.69 Å². The molecule has 1 aliphatic heterocycles. The van der Waals surface area contributed by atoms with Crippen LogP contribution in [0.2, 0.25) is 0 Å². The van der Waals surface area contributed by atoms with Gasteiger partial charge in [-0.3, -0.25) is 9.59 Å². The normalized spacial score (nSPS) is 17.2. The molecule has 1 aliphatic rings. The molecule has 1 fully saturated rings. The highest BCUT2D eigenvalue weighted by Crippen LogP contribution is 2.22. The SMILES string of the molecule is O=C1CCC[C@H](C(=O)Nc2ccc(Oc3ccccc3)cc2)N1. The van der Waals surface area contributed by atoms with Crippen molar-refractivity contribution in [1.29, 1.82) is 0 Å². The van der Waals surface area contributed by atoms with Gasteiger partial charge in [-0.25, -0.2) is 0 Å². The molecule has 0 unspecified atom stereocenters. The Labute approximate surface area is 134 Å². The number of carbonyl (C=O) groups excluding carboxylic acids is 2. The van der Waals surface area contributed by atoms with E-state index in [1.165, 1.54) is 0 Å². The molecule has 0 aromatic heterocycles. The molecule has 0 radical (unpaired) electrons. The number of ether oxygens (including phenoxy) is 1. The number of piperidine rings is 1. The molecule has 0 spiro atoms. The molecule has 1 heterocycles. The smallest absolute Gasteiger partial charge is 0.246 e. The minimum atomic E-state index is -0.448. The van der Waals surface area contributed by atoms with Crippen LogP contribution in [0.1, 0.15) is 19.3 Å². The molecule has 3 rings (SSSR count). The summed E-state index contributed by atoms with van der Waals surface area (Å²) in [5.74, 6) is 1.20. The third kappa shape index (κ3) is 4.10. The van der Waals surface area contributed by atoms with Crippen molar-refractivity contribution in [3.63, 3.8) is 0 Å². The summed E-state index contributed by atoms with van der Waals surface area (Å²) in [5.41, 5.74) is 0.676. The van der Waals surface area contributed by atoms with E-state index < -0.39 is 6.04 Å². The second-order valence-corrected chi connectivity index (χ2v) is 5.44. The average Bonchev–Trinajstić information content (AvgIpc) is 2.57. The fourth-order valence-corrected chi connectivity index (χ4v) is 2.46. The first-order valence-electron chi connectivity index (χ1n) is 7.64. The molecule has 2 amide bonds. The Hall–Kier alpha value is -2.82. The molecule has 0 bridgehead atoms. The third-order valence-electron chi connectivity index (χ3n) is 3.65. The van der Waals surface area contributed by atoms with Gasteiger partial charge in [0.05, 0.1) is 0 Å². The minimum absolute atomic E-state index is 0.0667. The van der Waals surface area contributed by atoms with Crippen LogP contribution < -0.4 is 15.4 Å². The number of carbonyl (C=O) groups is 2. The van der Waals surface area contributed by atoms with Gasteiger partial charge >= 0.3 is 0 Å². The van der Waals surface area contributed by atoms with Crippen molar-refractivity contribution >= 4 is 17.5 Å². The zero-order valence-corrected chi connectivity index (χ0v) is 12.6. The highest BCUT2D eigenvalue weighted by atomic mass is 16.5. The monoisotopic (exact) mass is 310 g/mol. The van der Waals surface area contributed by atoms with Gasteiger partial charge < -0.3 is 15.4 Å². The van der Waals surface area contributed by atoms with E-state index in [1.54, 1.807) is 24.3 Å². The molecule has 2 aromatic rings. The molecule has 1 saturated heterocycles. The first kappa shape index (κ1) is 15.1. The summed E-state index contributed by atoms with van der Waals surface area (Å²) in [6, 6.07) is 16.2. The lowest BCUT2D eigenvalue weighted by Crippen LogP contribution is -2.46. The van der Waals surface area contributed by atoms with Crippen molar-refractivity contribution in [2.45, 2.75) is 25.3 Å². The summed E-state index contributed by atoms with van der Waals surface area (Å²) in [4.78, 5) is 23.5. The maximum absolute atomic E-state index is 12.1. The van der Waals surface area contributed by atoms with Gasteiger partial charge in [0.2, 0.25) is 11.8 Å². The lowest BCUT2D eigenvalue weighted by molar-refractivity contribution is -0.128. The van der Waals surface area contributed by atoms with Crippen molar-refractivity contribution in [2.75, 3.05) is 5.32 Å². The molecular formula is C18H18N2O3. The van der Waals surface area contributed by atoms with Crippen LogP contribution in [-0.2, 0) is 9.59 Å². The number of rotatable bonds is 4. The Kier molecular flexibility index (Phi) is 4.57. The molecule has 0 aliphatic carbocycles. The summed E-state index contributed by atoms with van der Waals surface area (Å²) < 4.78 is 5.70. The number of nitrogens with one attached hydrogen (secondary N) is 2. The van der Waals surface area contributed by atoms with Gasteiger partial charge in [-0.15, -0.1) is 0 Å². The number of benzene rings is 2. The van der Waals surface area contributed by atoms with E-state index in [9.17, 15) is 9.59 Å². The van der Waals surface area contributed by atoms with Crippen LogP contribution in [0.5, 0.6) is 11.5 Å². The van der Waals surface area contributed by atoms with Gasteiger partial charge in [0, 0.05) is 12.1 Å². The van der Waals surface area contributed by atoms with Crippen molar-refractivity contribution in [2.24, 2.45) is 0 Å². The van der Waals surface area contributed by atoms with Crippen LogP contribution in [0.15, 0.2) is 54.6 Å². The zero-order valence-electron chi connectivity index (χ0n) is 12.6. The average molecular weight is 310 g/mol. The molecule has 5 heteroatoms. The van der Waals surface area contributed by atoms with Gasteiger partial charge in [-0.1, -0.05) is 18.2 Å². The Balaban J connectivity index is 1.59. The van der Waals surface area contributed by atoms with Gasteiger partial charge in [0.15, 0.2) is 0 Å². The minimum Gasteiger partial charge on any atom is -0.457 e. The highest BCUT2D eigenvalue weighted by Gasteiger charge is 2.24. The molecule has 5 nitrogen and oxygen atoms in total. The molecule has 2 aromatic carbocycles. The fraction of sp³-hybridized carbons (Fsp3) is 0.222. The zero-order chi connectivity index (χ0) is 16.1. The summed E-state index contributed by atoms with van der Waals surface area (Å²) in [7, 11) is 0. The summed E-state index contributed by atoms with van der Waals surface area (Å²) >= 11 is 0. The second kappa shape index (κ2) is 6.96. The first-order valence-corrected chi connectivity index (χ1v) is 7.64. The molecule has 1 atom stereocenters. The lowest BCUT2D eigenvalue weighted by atomic mass is 10.0. The molecule has 118 valence electrons. The predicted octanol–water partition coefficient (Wildman–Crippen LogP) is 3.09. The van der Waals surface area contributed by atoms with Crippen molar-refractivity contribution in [3.05, 3.63) is 54.6 Å². The van der Waals surface area contributed by atoms with Gasteiger partial charge in [-0.2, -0.15) is 0 Å². The molecular weight excluding hydrogens is 292 g/mol. The van der Waals surface area contributed by atoms with Crippen LogP contribution in [0, 0.1) is 0 Å². The second-order valence-electron chi connectivity index (χ2n) is 5.44. The Morgan fingerprint density at radius 3 is 2.43 bits per heavy atom. The predicted molar refractivity (Wildman–Crippen MR) is 87.4 cm³/mol. The van der Waals surface area contributed by atoms with Crippen LogP contribution in [0.25, 0.3) is 0 Å². The largest absolute Gasteiger partial charge is 0.457 e. The van der Waals surface area contributed by atoms with E-state index in [4.69, 9.17) is 4.74 Å². The number of amides is 2. The highest BCUT2D eigenvalue weighted by molar-refractivity contribution is 5.97. The van der Waals surface area contributed by atoms with Crippen molar-refractivity contribution in [1.82, 2.24) is 5.32 Å². The van der Waals surface area contributed by atoms with Crippen molar-refractivity contribution < 1.29 is 14.3 Å². The third-order valence-corrected chi connectivity index (χ3v) is 3.65. The van der Waals surface area contributed by atoms with Crippen LogP contribution in [0.3, 0.4) is 0 Å². The summed E-state index contributed by atoms with van der Waals surface area (Å²) in [6.07, 6.45) is 1.91. The van der Waals surface area contributed by atoms with E-state index in [-0.39, 0.29) is 11.8 Å².